The van der Waals surface area contributed by atoms with Crippen molar-refractivity contribution in [2.24, 2.45) is 0 Å². The summed E-state index contributed by atoms with van der Waals surface area (Å²) in [7, 11) is 1.53. The Morgan fingerprint density at radius 3 is 2.61 bits per heavy atom. The Balaban J connectivity index is 2.15. The fourth-order valence-corrected chi connectivity index (χ4v) is 2.52. The Morgan fingerprint density at radius 1 is 1.26 bits per heavy atom. The van der Waals surface area contributed by atoms with Crippen LogP contribution in [-0.2, 0) is 4.74 Å². The van der Waals surface area contributed by atoms with Crippen molar-refractivity contribution >= 4 is 27.6 Å². The second-order valence-electron chi connectivity index (χ2n) is 4.75. The van der Waals surface area contributed by atoms with Crippen LogP contribution >= 0.6 is 15.9 Å². The van der Waals surface area contributed by atoms with E-state index in [2.05, 4.69) is 15.9 Å². The maximum Gasteiger partial charge on any atom is 0.338 e. The number of nitro benzene ring substituents is 1. The molecule has 0 heterocycles. The zero-order valence-electron chi connectivity index (χ0n) is 12.5. The normalized spacial score (nSPS) is 11.6. The Hall–Kier alpha value is -2.41. The number of hydrogen-bond acceptors (Lipinski definition) is 5. The van der Waals surface area contributed by atoms with Gasteiger partial charge in [-0.15, -0.1) is 0 Å². The molecule has 1 atom stereocenters. The summed E-state index contributed by atoms with van der Waals surface area (Å²) in [6.07, 6.45) is -0.608. The molecule has 0 bridgehead atoms. The highest BCUT2D eigenvalue weighted by atomic mass is 79.9. The number of nitro groups is 1. The molecule has 7 heteroatoms. The van der Waals surface area contributed by atoms with Gasteiger partial charge >= 0.3 is 5.97 Å². The van der Waals surface area contributed by atoms with Crippen LogP contribution in [0.1, 0.15) is 28.9 Å². The maximum atomic E-state index is 12.2. The third kappa shape index (κ3) is 4.07. The van der Waals surface area contributed by atoms with Crippen molar-refractivity contribution in [1.29, 1.82) is 0 Å². The molecule has 0 aromatic heterocycles. The van der Waals surface area contributed by atoms with E-state index in [9.17, 15) is 14.9 Å². The van der Waals surface area contributed by atoms with Crippen LogP contribution in [0.25, 0.3) is 0 Å². The first-order valence-corrected chi connectivity index (χ1v) is 7.50. The molecule has 0 unspecified atom stereocenters. The number of halogens is 1. The van der Waals surface area contributed by atoms with E-state index in [0.29, 0.717) is 21.3 Å². The smallest absolute Gasteiger partial charge is 0.338 e. The van der Waals surface area contributed by atoms with E-state index in [0.717, 1.165) is 0 Å². The fourth-order valence-electron chi connectivity index (χ4n) is 1.98. The van der Waals surface area contributed by atoms with Crippen LogP contribution in [0.4, 0.5) is 5.69 Å². The first-order chi connectivity index (χ1) is 10.9. The number of methoxy groups -OCH3 is 1. The Bertz CT molecular complexity index is 747. The van der Waals surface area contributed by atoms with Crippen LogP contribution in [0.15, 0.2) is 46.9 Å². The summed E-state index contributed by atoms with van der Waals surface area (Å²) in [4.78, 5) is 22.5. The van der Waals surface area contributed by atoms with Gasteiger partial charge in [0.15, 0.2) is 0 Å². The molecular formula is C16H14BrNO5. The number of ether oxygens (including phenoxy) is 2. The van der Waals surface area contributed by atoms with Gasteiger partial charge < -0.3 is 9.47 Å². The van der Waals surface area contributed by atoms with Gasteiger partial charge in [0, 0.05) is 12.1 Å². The van der Waals surface area contributed by atoms with Gasteiger partial charge in [-0.2, -0.15) is 0 Å². The number of carbonyl (C=O) groups is 1. The second-order valence-corrected chi connectivity index (χ2v) is 5.60. The van der Waals surface area contributed by atoms with Crippen LogP contribution in [0.5, 0.6) is 5.75 Å². The molecule has 23 heavy (non-hydrogen) atoms. The minimum absolute atomic E-state index is 0.0439. The average molecular weight is 380 g/mol. The molecule has 0 amide bonds. The second kappa shape index (κ2) is 7.23. The van der Waals surface area contributed by atoms with Crippen LogP contribution in [0, 0.1) is 10.1 Å². The molecule has 2 rings (SSSR count). The molecule has 0 fully saturated rings. The number of carbonyl (C=O) groups excluding carboxylic acids is 1. The predicted molar refractivity (Wildman–Crippen MR) is 87.6 cm³/mol. The third-order valence-corrected chi connectivity index (χ3v) is 3.84. The van der Waals surface area contributed by atoms with Crippen LogP contribution < -0.4 is 4.74 Å². The van der Waals surface area contributed by atoms with Gasteiger partial charge in [0.05, 0.1) is 22.1 Å². The van der Waals surface area contributed by atoms with Gasteiger partial charge in [0.2, 0.25) is 0 Å². The SMILES string of the molecule is COc1ccc(C(=O)O[C@@H](C)c2cccc([N+](=O)[O-])c2)cc1Br. The number of hydrogen-bond donors (Lipinski definition) is 0. The maximum absolute atomic E-state index is 12.2. The summed E-state index contributed by atoms with van der Waals surface area (Å²) in [5.41, 5.74) is 0.868. The van der Waals surface area contributed by atoms with E-state index < -0.39 is 17.0 Å². The molecule has 0 spiro atoms. The highest BCUT2D eigenvalue weighted by molar-refractivity contribution is 9.10. The molecular weight excluding hydrogens is 366 g/mol. The molecule has 2 aromatic rings. The summed E-state index contributed by atoms with van der Waals surface area (Å²) < 4.78 is 11.1. The summed E-state index contributed by atoms with van der Waals surface area (Å²) in [6.45, 7) is 1.66. The Labute approximate surface area is 141 Å². The number of nitrogens with zero attached hydrogens (tertiary/aromatic N) is 1. The van der Waals surface area contributed by atoms with Gasteiger partial charge in [-0.3, -0.25) is 10.1 Å². The average Bonchev–Trinajstić information content (AvgIpc) is 2.54. The molecule has 6 nitrogen and oxygen atoms in total. The largest absolute Gasteiger partial charge is 0.496 e. The van der Waals surface area contributed by atoms with Crippen molar-refractivity contribution in [3.63, 3.8) is 0 Å². The van der Waals surface area contributed by atoms with Crippen molar-refractivity contribution in [2.75, 3.05) is 7.11 Å². The van der Waals surface area contributed by atoms with Crippen molar-refractivity contribution in [2.45, 2.75) is 13.0 Å². The lowest BCUT2D eigenvalue weighted by atomic mass is 10.1. The Morgan fingerprint density at radius 2 is 2.00 bits per heavy atom. The molecule has 0 N–H and O–H groups in total. The lowest BCUT2D eigenvalue weighted by molar-refractivity contribution is -0.385. The number of non-ortho nitro benzene ring substituents is 1. The van der Waals surface area contributed by atoms with E-state index in [4.69, 9.17) is 9.47 Å². The molecule has 120 valence electrons. The van der Waals surface area contributed by atoms with Crippen LogP contribution in [0.2, 0.25) is 0 Å². The van der Waals surface area contributed by atoms with E-state index >= 15 is 0 Å². The number of benzene rings is 2. The summed E-state index contributed by atoms with van der Waals surface area (Å²) >= 11 is 3.30. The Kier molecular flexibility index (Phi) is 5.33. The minimum Gasteiger partial charge on any atom is -0.496 e. The van der Waals surface area contributed by atoms with Crippen molar-refractivity contribution in [3.8, 4) is 5.75 Å². The van der Waals surface area contributed by atoms with E-state index in [1.807, 2.05) is 0 Å². The zero-order valence-corrected chi connectivity index (χ0v) is 14.1. The highest BCUT2D eigenvalue weighted by Gasteiger charge is 2.17. The number of rotatable bonds is 5. The molecule has 0 aliphatic heterocycles. The molecule has 2 aromatic carbocycles. The number of esters is 1. The van der Waals surface area contributed by atoms with Gasteiger partial charge in [0.1, 0.15) is 11.9 Å². The first kappa shape index (κ1) is 17.0. The van der Waals surface area contributed by atoms with Crippen molar-refractivity contribution in [3.05, 3.63) is 68.2 Å². The molecule has 0 saturated carbocycles. The van der Waals surface area contributed by atoms with Gasteiger partial charge in [-0.1, -0.05) is 12.1 Å². The van der Waals surface area contributed by atoms with Gasteiger partial charge in [-0.25, -0.2) is 4.79 Å². The molecule has 0 saturated heterocycles. The third-order valence-electron chi connectivity index (χ3n) is 3.22. The molecule has 0 aliphatic carbocycles. The standard InChI is InChI=1S/C16H14BrNO5/c1-10(11-4-3-5-13(8-11)18(20)21)23-16(19)12-6-7-15(22-2)14(17)9-12/h3-10H,1-2H3/t10-/m0/s1. The van der Waals surface area contributed by atoms with Crippen molar-refractivity contribution in [1.82, 2.24) is 0 Å². The predicted octanol–water partition coefficient (Wildman–Crippen LogP) is 4.28. The fraction of sp³-hybridized carbons (Fsp3) is 0.188. The summed E-state index contributed by atoms with van der Waals surface area (Å²) in [5.74, 6) is 0.0839. The molecule has 0 radical (unpaired) electrons. The van der Waals surface area contributed by atoms with E-state index in [-0.39, 0.29) is 5.69 Å². The van der Waals surface area contributed by atoms with Crippen LogP contribution in [-0.4, -0.2) is 18.0 Å². The quantitative estimate of drug-likeness (QED) is 0.439. The molecule has 0 aliphatic rings. The van der Waals surface area contributed by atoms with Gasteiger partial charge in [-0.05, 0) is 46.6 Å². The lowest BCUT2D eigenvalue weighted by Gasteiger charge is -2.14. The minimum atomic E-state index is -0.608. The highest BCUT2D eigenvalue weighted by Crippen LogP contribution is 2.27. The van der Waals surface area contributed by atoms with Crippen LogP contribution in [0.3, 0.4) is 0 Å². The summed E-state index contributed by atoms with van der Waals surface area (Å²) in [5, 5.41) is 10.8. The monoisotopic (exact) mass is 379 g/mol. The van der Waals surface area contributed by atoms with Gasteiger partial charge in [0.25, 0.3) is 5.69 Å². The van der Waals surface area contributed by atoms with E-state index in [1.165, 1.54) is 19.2 Å². The first-order valence-electron chi connectivity index (χ1n) is 6.71. The summed E-state index contributed by atoms with van der Waals surface area (Å²) in [6, 6.07) is 10.9. The lowest BCUT2D eigenvalue weighted by Crippen LogP contribution is -2.09. The topological polar surface area (TPSA) is 78.7 Å². The van der Waals surface area contributed by atoms with E-state index in [1.54, 1.807) is 37.3 Å². The zero-order chi connectivity index (χ0) is 17.0. The van der Waals surface area contributed by atoms with Crippen molar-refractivity contribution < 1.29 is 19.2 Å².